The van der Waals surface area contributed by atoms with Crippen molar-refractivity contribution in [1.29, 1.82) is 0 Å². The lowest BCUT2D eigenvalue weighted by Crippen LogP contribution is -2.55. The molecule has 2 rings (SSSR count). The number of hydrogen-bond acceptors (Lipinski definition) is 6. The normalized spacial score (nSPS) is 19.9. The molecule has 1 amide bonds. The first-order valence-corrected chi connectivity index (χ1v) is 7.66. The van der Waals surface area contributed by atoms with Gasteiger partial charge in [0.05, 0.1) is 11.9 Å². The number of hydrogen-bond donors (Lipinski definition) is 3. The molecule has 0 aromatic carbocycles. The number of amides is 1. The number of rotatable bonds is 2. The number of nitrogens with one attached hydrogen (secondary N) is 3. The van der Waals surface area contributed by atoms with E-state index in [0.717, 1.165) is 0 Å². The summed E-state index contributed by atoms with van der Waals surface area (Å²) in [5.41, 5.74) is -2.71. The van der Waals surface area contributed by atoms with Crippen LogP contribution in [0.1, 0.15) is 47.1 Å². The molecule has 132 valence electrons. The summed E-state index contributed by atoms with van der Waals surface area (Å²) in [6.45, 7) is 10.4. The van der Waals surface area contributed by atoms with Gasteiger partial charge in [-0.1, -0.05) is 0 Å². The molecule has 8 heteroatoms. The van der Waals surface area contributed by atoms with Crippen LogP contribution in [0.3, 0.4) is 0 Å². The number of alkyl carbamates (subject to hydrolysis) is 1. The third kappa shape index (κ3) is 3.87. The monoisotopic (exact) mass is 336 g/mol. The van der Waals surface area contributed by atoms with Gasteiger partial charge >= 0.3 is 12.1 Å². The Balaban J connectivity index is 2.40. The smallest absolute Gasteiger partial charge is 0.410 e. The fourth-order valence-corrected chi connectivity index (χ4v) is 2.17. The maximum Gasteiger partial charge on any atom is 0.410 e. The van der Waals surface area contributed by atoms with Crippen molar-refractivity contribution in [2.24, 2.45) is 4.99 Å². The molecule has 1 atom stereocenters. The molecule has 0 saturated heterocycles. The number of carbonyl (C=O) groups is 2. The Labute approximate surface area is 141 Å². The summed E-state index contributed by atoms with van der Waals surface area (Å²) in [4.78, 5) is 32.3. The summed E-state index contributed by atoms with van der Waals surface area (Å²) < 4.78 is 10.7. The van der Waals surface area contributed by atoms with E-state index in [4.69, 9.17) is 9.47 Å². The number of aromatic amines is 1. The molecule has 2 heterocycles. The van der Waals surface area contributed by atoms with Crippen molar-refractivity contribution in [1.82, 2.24) is 10.3 Å². The average molecular weight is 336 g/mol. The third-order valence-corrected chi connectivity index (χ3v) is 2.98. The van der Waals surface area contributed by atoms with Crippen LogP contribution >= 0.6 is 0 Å². The van der Waals surface area contributed by atoms with Crippen LogP contribution in [0.2, 0.25) is 0 Å². The minimum absolute atomic E-state index is 0.449. The zero-order valence-electron chi connectivity index (χ0n) is 14.8. The highest BCUT2D eigenvalue weighted by Crippen LogP contribution is 2.34. The first-order valence-electron chi connectivity index (χ1n) is 7.66. The molecular weight excluding hydrogens is 312 g/mol. The zero-order valence-corrected chi connectivity index (χ0v) is 14.8. The topological polar surface area (TPSA) is 105 Å². The highest BCUT2D eigenvalue weighted by molar-refractivity contribution is 5.94. The van der Waals surface area contributed by atoms with Crippen LogP contribution in [0.5, 0.6) is 0 Å². The van der Waals surface area contributed by atoms with Gasteiger partial charge in [0.2, 0.25) is 0 Å². The molecule has 1 unspecified atom stereocenters. The van der Waals surface area contributed by atoms with Gasteiger partial charge < -0.3 is 19.8 Å². The number of aliphatic imine (C=N–C) groups is 1. The van der Waals surface area contributed by atoms with E-state index in [9.17, 15) is 9.59 Å². The number of esters is 1. The second kappa shape index (κ2) is 5.85. The van der Waals surface area contributed by atoms with Gasteiger partial charge in [0.1, 0.15) is 17.0 Å². The number of nitrogens with zero attached hydrogens (tertiary/aromatic N) is 1. The summed E-state index contributed by atoms with van der Waals surface area (Å²) in [6.07, 6.45) is 2.21. The fourth-order valence-electron chi connectivity index (χ4n) is 2.17. The van der Waals surface area contributed by atoms with E-state index < -0.39 is 28.9 Å². The maximum atomic E-state index is 12.8. The number of H-pyrrole nitrogens is 1. The van der Waals surface area contributed by atoms with E-state index in [1.165, 1.54) is 6.34 Å². The quantitative estimate of drug-likeness (QED) is 0.720. The summed E-state index contributed by atoms with van der Waals surface area (Å²) >= 11 is 0. The van der Waals surface area contributed by atoms with Crippen molar-refractivity contribution in [3.8, 4) is 0 Å². The predicted molar refractivity (Wildman–Crippen MR) is 89.8 cm³/mol. The van der Waals surface area contributed by atoms with Crippen LogP contribution in [0, 0.1) is 0 Å². The van der Waals surface area contributed by atoms with Gasteiger partial charge in [0.25, 0.3) is 5.66 Å². The van der Waals surface area contributed by atoms with Gasteiger partial charge in [-0.25, -0.2) is 14.6 Å². The van der Waals surface area contributed by atoms with E-state index >= 15 is 0 Å². The molecule has 0 spiro atoms. The van der Waals surface area contributed by atoms with Gasteiger partial charge in [-0.2, -0.15) is 0 Å². The van der Waals surface area contributed by atoms with Gasteiger partial charge in [-0.15, -0.1) is 0 Å². The van der Waals surface area contributed by atoms with Gasteiger partial charge in [-0.3, -0.25) is 5.32 Å². The lowest BCUT2D eigenvalue weighted by atomic mass is 10.0. The third-order valence-electron chi connectivity index (χ3n) is 2.98. The molecule has 0 bridgehead atoms. The van der Waals surface area contributed by atoms with Crippen LogP contribution in [-0.2, 0) is 19.9 Å². The van der Waals surface area contributed by atoms with Crippen LogP contribution in [0.25, 0.3) is 0 Å². The number of anilines is 1. The van der Waals surface area contributed by atoms with E-state index in [1.807, 2.05) is 0 Å². The molecule has 3 N–H and O–H groups in total. The van der Waals surface area contributed by atoms with Crippen LogP contribution in [0.15, 0.2) is 17.3 Å². The fraction of sp³-hybridized carbons (Fsp3) is 0.562. The van der Waals surface area contributed by atoms with Gasteiger partial charge in [-0.05, 0) is 47.6 Å². The van der Waals surface area contributed by atoms with Crippen molar-refractivity contribution < 1.29 is 19.1 Å². The number of ether oxygens (including phenoxy) is 2. The van der Waals surface area contributed by atoms with Crippen LogP contribution in [0.4, 0.5) is 10.6 Å². The van der Waals surface area contributed by atoms with Crippen molar-refractivity contribution in [2.45, 2.75) is 58.4 Å². The second-order valence-corrected chi connectivity index (χ2v) is 7.51. The summed E-state index contributed by atoms with van der Waals surface area (Å²) in [6, 6.07) is 1.65. The van der Waals surface area contributed by atoms with Crippen molar-refractivity contribution in [2.75, 3.05) is 5.32 Å². The van der Waals surface area contributed by atoms with E-state index in [2.05, 4.69) is 20.6 Å². The molecule has 24 heavy (non-hydrogen) atoms. The summed E-state index contributed by atoms with van der Waals surface area (Å²) in [5, 5.41) is 5.45. The Hall–Kier alpha value is -2.51. The minimum atomic E-state index is -1.71. The van der Waals surface area contributed by atoms with Gasteiger partial charge in [0.15, 0.2) is 0 Å². The van der Waals surface area contributed by atoms with E-state index in [0.29, 0.717) is 11.4 Å². The SMILES string of the molecule is CC(C)(C)OC(=O)NC1(C(=O)OC(C)(C)C)N=CNc2[nH]ccc21. The first kappa shape index (κ1) is 17.8. The predicted octanol–water partition coefficient (Wildman–Crippen LogP) is 2.49. The average Bonchev–Trinajstić information content (AvgIpc) is 2.83. The summed E-state index contributed by atoms with van der Waals surface area (Å²) in [5.74, 6) is -0.147. The Morgan fingerprint density at radius 1 is 1.12 bits per heavy atom. The Kier molecular flexibility index (Phi) is 4.34. The molecular formula is C16H24N4O4. The molecule has 1 aliphatic rings. The lowest BCUT2D eigenvalue weighted by Gasteiger charge is -2.34. The number of fused-ring (bicyclic) bond motifs is 1. The molecule has 0 aliphatic carbocycles. The minimum Gasteiger partial charge on any atom is -0.456 e. The number of carbonyl (C=O) groups excluding carboxylic acids is 2. The highest BCUT2D eigenvalue weighted by atomic mass is 16.6. The molecule has 0 saturated carbocycles. The molecule has 1 aromatic rings. The zero-order chi connectivity index (χ0) is 18.2. The van der Waals surface area contributed by atoms with E-state index in [1.54, 1.807) is 53.8 Å². The van der Waals surface area contributed by atoms with Crippen molar-refractivity contribution in [3.05, 3.63) is 17.8 Å². The standard InChI is InChI=1S/C16H24N4O4/c1-14(2,3)23-12(21)16(20-13(22)24-15(4,5)6)10-7-8-17-11(10)18-9-19-16/h7-9,17H,1-6H3,(H,18,19)(H,20,22). The Morgan fingerprint density at radius 3 is 2.33 bits per heavy atom. The molecule has 0 fully saturated rings. The maximum absolute atomic E-state index is 12.8. The van der Waals surface area contributed by atoms with Crippen molar-refractivity contribution >= 4 is 24.2 Å². The summed E-state index contributed by atoms with van der Waals surface area (Å²) in [7, 11) is 0. The largest absolute Gasteiger partial charge is 0.456 e. The Bertz CT molecular complexity index is 666. The van der Waals surface area contributed by atoms with E-state index in [-0.39, 0.29) is 0 Å². The van der Waals surface area contributed by atoms with Crippen LogP contribution < -0.4 is 10.6 Å². The second-order valence-electron chi connectivity index (χ2n) is 7.51. The van der Waals surface area contributed by atoms with Gasteiger partial charge in [0, 0.05) is 6.20 Å². The van der Waals surface area contributed by atoms with Crippen molar-refractivity contribution in [3.63, 3.8) is 0 Å². The molecule has 1 aromatic heterocycles. The van der Waals surface area contributed by atoms with Crippen LogP contribution in [-0.4, -0.2) is 34.6 Å². The molecule has 0 radical (unpaired) electrons. The lowest BCUT2D eigenvalue weighted by molar-refractivity contribution is -0.163. The molecule has 8 nitrogen and oxygen atoms in total. The Morgan fingerprint density at radius 2 is 1.75 bits per heavy atom. The molecule has 1 aliphatic heterocycles. The highest BCUT2D eigenvalue weighted by Gasteiger charge is 2.49. The number of aromatic nitrogens is 1. The first-order chi connectivity index (χ1) is 10.9.